The zero-order chi connectivity index (χ0) is 15.2. The molecule has 0 aliphatic carbocycles. The molecular weight excluding hydrogens is 420 g/mol. The molecule has 0 saturated carbocycles. The van der Waals surface area contributed by atoms with Crippen molar-refractivity contribution in [1.29, 1.82) is 0 Å². The molecule has 0 spiro atoms. The lowest BCUT2D eigenvalue weighted by atomic mass is 10.2. The third-order valence-corrected chi connectivity index (χ3v) is 5.86. The molecular formula is C14H14Br2N2O2S. The van der Waals surface area contributed by atoms with E-state index >= 15 is 0 Å². The molecule has 0 fully saturated rings. The van der Waals surface area contributed by atoms with Gasteiger partial charge < -0.3 is 15.4 Å². The first-order valence-corrected chi connectivity index (χ1v) is 8.55. The molecule has 0 bridgehead atoms. The van der Waals surface area contributed by atoms with Crippen LogP contribution in [0.25, 0.3) is 0 Å². The van der Waals surface area contributed by atoms with Gasteiger partial charge in [0.05, 0.1) is 3.79 Å². The van der Waals surface area contributed by atoms with E-state index in [1.807, 2.05) is 24.3 Å². The van der Waals surface area contributed by atoms with Gasteiger partial charge in [-0.2, -0.15) is 0 Å². The standard InChI is InChI=1S/C14H14Br2N2O2S/c1-20-8-13(19)18-10-4-2-9(3-5-10)17-7-11-6-12(15)14(16)21-11/h2-6,17H,7-8H2,1H3,(H,18,19). The van der Waals surface area contributed by atoms with Gasteiger partial charge in [-0.3, -0.25) is 4.79 Å². The summed E-state index contributed by atoms with van der Waals surface area (Å²) in [5.74, 6) is -0.161. The van der Waals surface area contributed by atoms with Crippen LogP contribution in [-0.2, 0) is 16.1 Å². The zero-order valence-corrected chi connectivity index (χ0v) is 15.3. The number of anilines is 2. The molecule has 0 atom stereocenters. The van der Waals surface area contributed by atoms with E-state index in [1.54, 1.807) is 11.3 Å². The average Bonchev–Trinajstić information content (AvgIpc) is 2.77. The first-order valence-electron chi connectivity index (χ1n) is 6.15. The number of rotatable bonds is 6. The predicted octanol–water partition coefficient (Wildman–Crippen LogP) is 4.47. The van der Waals surface area contributed by atoms with E-state index in [-0.39, 0.29) is 12.5 Å². The minimum atomic E-state index is -0.161. The summed E-state index contributed by atoms with van der Waals surface area (Å²) < 4.78 is 6.93. The van der Waals surface area contributed by atoms with Gasteiger partial charge in [-0.15, -0.1) is 11.3 Å². The van der Waals surface area contributed by atoms with Crippen molar-refractivity contribution in [2.24, 2.45) is 0 Å². The van der Waals surface area contributed by atoms with Crippen LogP contribution in [0.1, 0.15) is 4.88 Å². The van der Waals surface area contributed by atoms with Crippen LogP contribution in [0.4, 0.5) is 11.4 Å². The summed E-state index contributed by atoms with van der Waals surface area (Å²) in [6, 6.07) is 9.66. The second kappa shape index (κ2) is 7.93. The van der Waals surface area contributed by atoms with Crippen LogP contribution in [-0.4, -0.2) is 19.6 Å². The summed E-state index contributed by atoms with van der Waals surface area (Å²) in [6.45, 7) is 0.812. The van der Waals surface area contributed by atoms with Crippen molar-refractivity contribution in [3.05, 3.63) is 43.5 Å². The Hall–Kier alpha value is -0.890. The lowest BCUT2D eigenvalue weighted by Gasteiger charge is -2.07. The van der Waals surface area contributed by atoms with E-state index in [2.05, 4.69) is 48.6 Å². The fraction of sp³-hybridized carbons (Fsp3) is 0.214. The van der Waals surface area contributed by atoms with Crippen LogP contribution >= 0.6 is 43.2 Å². The smallest absolute Gasteiger partial charge is 0.250 e. The maximum atomic E-state index is 11.4. The Balaban J connectivity index is 1.88. The Morgan fingerprint density at radius 1 is 1.24 bits per heavy atom. The van der Waals surface area contributed by atoms with Gasteiger partial charge in [0.25, 0.3) is 0 Å². The van der Waals surface area contributed by atoms with E-state index < -0.39 is 0 Å². The number of thiophene rings is 1. The first-order chi connectivity index (χ1) is 10.1. The van der Waals surface area contributed by atoms with Crippen LogP contribution in [0.5, 0.6) is 0 Å². The number of carbonyl (C=O) groups excluding carboxylic acids is 1. The Morgan fingerprint density at radius 2 is 1.90 bits per heavy atom. The summed E-state index contributed by atoms with van der Waals surface area (Å²) in [6.07, 6.45) is 0. The van der Waals surface area contributed by atoms with E-state index in [0.717, 1.165) is 26.2 Å². The fourth-order valence-corrected chi connectivity index (χ4v) is 3.78. The molecule has 2 aromatic rings. The van der Waals surface area contributed by atoms with Crippen molar-refractivity contribution >= 4 is 60.5 Å². The normalized spacial score (nSPS) is 10.4. The number of amides is 1. The topological polar surface area (TPSA) is 50.4 Å². The van der Waals surface area contributed by atoms with E-state index in [4.69, 9.17) is 4.74 Å². The molecule has 7 heteroatoms. The Morgan fingerprint density at radius 3 is 2.48 bits per heavy atom. The molecule has 21 heavy (non-hydrogen) atoms. The second-order valence-electron chi connectivity index (χ2n) is 4.25. The summed E-state index contributed by atoms with van der Waals surface area (Å²) >= 11 is 8.64. The quantitative estimate of drug-likeness (QED) is 0.706. The highest BCUT2D eigenvalue weighted by atomic mass is 79.9. The Labute approximate surface area is 144 Å². The highest BCUT2D eigenvalue weighted by molar-refractivity contribution is 9.13. The van der Waals surface area contributed by atoms with Gasteiger partial charge in [0.15, 0.2) is 0 Å². The molecule has 1 aromatic carbocycles. The van der Waals surface area contributed by atoms with Gasteiger partial charge in [0.2, 0.25) is 5.91 Å². The van der Waals surface area contributed by atoms with Gasteiger partial charge in [-0.25, -0.2) is 0 Å². The lowest BCUT2D eigenvalue weighted by molar-refractivity contribution is -0.119. The summed E-state index contributed by atoms with van der Waals surface area (Å²) in [5, 5.41) is 6.09. The predicted molar refractivity (Wildman–Crippen MR) is 94.0 cm³/mol. The minimum absolute atomic E-state index is 0.0577. The van der Waals surface area contributed by atoms with Crippen molar-refractivity contribution in [3.8, 4) is 0 Å². The van der Waals surface area contributed by atoms with E-state index in [9.17, 15) is 4.79 Å². The minimum Gasteiger partial charge on any atom is -0.380 e. The molecule has 2 N–H and O–H groups in total. The third kappa shape index (κ3) is 5.10. The fourth-order valence-electron chi connectivity index (χ4n) is 1.67. The number of methoxy groups -OCH3 is 1. The van der Waals surface area contributed by atoms with Gasteiger partial charge in [0.1, 0.15) is 6.61 Å². The summed E-state index contributed by atoms with van der Waals surface area (Å²) in [5.41, 5.74) is 1.75. The maximum absolute atomic E-state index is 11.4. The molecule has 1 heterocycles. The monoisotopic (exact) mass is 432 g/mol. The van der Waals surface area contributed by atoms with Crippen molar-refractivity contribution in [3.63, 3.8) is 0 Å². The van der Waals surface area contributed by atoms with Gasteiger partial charge in [0, 0.05) is 34.4 Å². The lowest BCUT2D eigenvalue weighted by Crippen LogP contribution is -2.16. The highest BCUT2D eigenvalue weighted by Gasteiger charge is 2.04. The Bertz CT molecular complexity index is 594. The molecule has 0 aliphatic rings. The molecule has 0 unspecified atom stereocenters. The van der Waals surface area contributed by atoms with E-state index in [0.29, 0.717) is 0 Å². The second-order valence-corrected chi connectivity index (χ2v) is 7.56. The average molecular weight is 434 g/mol. The molecule has 0 aliphatic heterocycles. The third-order valence-electron chi connectivity index (χ3n) is 2.61. The number of ether oxygens (including phenoxy) is 1. The van der Waals surface area contributed by atoms with Crippen molar-refractivity contribution < 1.29 is 9.53 Å². The maximum Gasteiger partial charge on any atom is 0.250 e. The number of benzene rings is 1. The van der Waals surface area contributed by atoms with Crippen LogP contribution < -0.4 is 10.6 Å². The molecule has 112 valence electrons. The van der Waals surface area contributed by atoms with Crippen molar-refractivity contribution in [2.75, 3.05) is 24.4 Å². The number of hydrogen-bond acceptors (Lipinski definition) is 4. The van der Waals surface area contributed by atoms with Gasteiger partial charge in [-0.1, -0.05) is 0 Å². The van der Waals surface area contributed by atoms with E-state index in [1.165, 1.54) is 12.0 Å². The SMILES string of the molecule is COCC(=O)Nc1ccc(NCc2cc(Br)c(Br)s2)cc1. The zero-order valence-electron chi connectivity index (χ0n) is 11.3. The largest absolute Gasteiger partial charge is 0.380 e. The number of nitrogens with one attached hydrogen (secondary N) is 2. The highest BCUT2D eigenvalue weighted by Crippen LogP contribution is 2.32. The van der Waals surface area contributed by atoms with Crippen LogP contribution in [0.3, 0.4) is 0 Å². The number of halogens is 2. The van der Waals surface area contributed by atoms with Gasteiger partial charge >= 0.3 is 0 Å². The molecule has 0 radical (unpaired) electrons. The number of hydrogen-bond donors (Lipinski definition) is 2. The first kappa shape index (κ1) is 16.5. The molecule has 0 saturated heterocycles. The molecule has 1 amide bonds. The summed E-state index contributed by atoms with van der Waals surface area (Å²) in [7, 11) is 1.49. The molecule has 2 rings (SSSR count). The summed E-state index contributed by atoms with van der Waals surface area (Å²) in [4.78, 5) is 12.6. The number of carbonyl (C=O) groups is 1. The van der Waals surface area contributed by atoms with Gasteiger partial charge in [-0.05, 0) is 62.2 Å². The Kier molecular flexibility index (Phi) is 6.22. The van der Waals surface area contributed by atoms with Crippen LogP contribution in [0.15, 0.2) is 38.6 Å². The van der Waals surface area contributed by atoms with Crippen LogP contribution in [0, 0.1) is 0 Å². The van der Waals surface area contributed by atoms with Crippen molar-refractivity contribution in [1.82, 2.24) is 0 Å². The van der Waals surface area contributed by atoms with Crippen molar-refractivity contribution in [2.45, 2.75) is 6.54 Å². The molecule has 1 aromatic heterocycles. The van der Waals surface area contributed by atoms with Crippen LogP contribution in [0.2, 0.25) is 0 Å². The molecule has 4 nitrogen and oxygen atoms in total.